The van der Waals surface area contributed by atoms with Gasteiger partial charge in [-0.2, -0.15) is 4.52 Å². The summed E-state index contributed by atoms with van der Waals surface area (Å²) in [6, 6.07) is 5.34. The summed E-state index contributed by atoms with van der Waals surface area (Å²) in [5.41, 5.74) is 1.63. The molecule has 0 amide bonds. The largest absolute Gasteiger partial charge is 0.472 e. The molecule has 1 fully saturated rings. The fourth-order valence-corrected chi connectivity index (χ4v) is 3.51. The molecule has 4 heterocycles. The van der Waals surface area contributed by atoms with E-state index in [0.717, 1.165) is 30.7 Å². The summed E-state index contributed by atoms with van der Waals surface area (Å²) in [7, 11) is 0. The van der Waals surface area contributed by atoms with E-state index in [1.54, 1.807) is 6.20 Å². The fourth-order valence-electron chi connectivity index (χ4n) is 2.69. The van der Waals surface area contributed by atoms with Crippen molar-refractivity contribution in [3.05, 3.63) is 46.0 Å². The molecule has 1 saturated heterocycles. The normalized spacial score (nSPS) is 16.9. The molecule has 9 heteroatoms. The van der Waals surface area contributed by atoms with Crippen LogP contribution in [0, 0.1) is 0 Å². The first-order valence-electron chi connectivity index (χ1n) is 8.54. The quantitative estimate of drug-likeness (QED) is 0.705. The maximum atomic E-state index is 12.1. The molecule has 0 spiro atoms. The zero-order valence-corrected chi connectivity index (χ0v) is 15.2. The molecule has 1 unspecified atom stereocenters. The lowest BCUT2D eigenvalue weighted by Gasteiger charge is -2.11. The first-order chi connectivity index (χ1) is 12.7. The number of hydrogen-bond acceptors (Lipinski definition) is 8. The molecule has 0 aliphatic carbocycles. The molecular weight excluding hydrogens is 354 g/mol. The summed E-state index contributed by atoms with van der Waals surface area (Å²) < 4.78 is 12.5. The Morgan fingerprint density at radius 1 is 1.46 bits per heavy atom. The van der Waals surface area contributed by atoms with Gasteiger partial charge in [0.15, 0.2) is 0 Å². The van der Waals surface area contributed by atoms with E-state index in [1.165, 1.54) is 21.9 Å². The number of fused-ring (bicyclic) bond motifs is 1. The standard InChI is InChI=1S/C17H19N5O3S/c1-2-12-8-15(23)22-17(20-12)26-16(21-22)19-9-11-3-5-18-14(7-11)25-13-4-6-24-10-13/h3,5,7-8,13H,2,4,6,9-10H2,1H3,(H,19,21). The number of anilines is 1. The zero-order valence-electron chi connectivity index (χ0n) is 14.3. The van der Waals surface area contributed by atoms with Crippen LogP contribution >= 0.6 is 11.3 Å². The molecule has 0 aromatic carbocycles. The van der Waals surface area contributed by atoms with Crippen molar-refractivity contribution in [2.75, 3.05) is 18.5 Å². The van der Waals surface area contributed by atoms with Crippen molar-refractivity contribution < 1.29 is 9.47 Å². The van der Waals surface area contributed by atoms with E-state index in [2.05, 4.69) is 20.4 Å². The molecule has 0 radical (unpaired) electrons. The van der Waals surface area contributed by atoms with E-state index in [4.69, 9.17) is 9.47 Å². The Bertz CT molecular complexity index is 964. The van der Waals surface area contributed by atoms with Gasteiger partial charge in [0, 0.05) is 37.0 Å². The SMILES string of the molecule is CCc1cc(=O)n2nc(NCc3ccnc(OC4CCOC4)c3)sc2n1. The van der Waals surface area contributed by atoms with Crippen LogP contribution in [0.5, 0.6) is 5.88 Å². The molecule has 8 nitrogen and oxygen atoms in total. The smallest absolute Gasteiger partial charge is 0.275 e. The highest BCUT2D eigenvalue weighted by Crippen LogP contribution is 2.19. The van der Waals surface area contributed by atoms with Crippen LogP contribution in [0.3, 0.4) is 0 Å². The van der Waals surface area contributed by atoms with Crippen LogP contribution in [0.1, 0.15) is 24.6 Å². The highest BCUT2D eigenvalue weighted by molar-refractivity contribution is 7.20. The fraction of sp³-hybridized carbons (Fsp3) is 0.412. The molecule has 1 atom stereocenters. The molecule has 3 aromatic heterocycles. The molecule has 4 rings (SSSR count). The van der Waals surface area contributed by atoms with Crippen LogP contribution in [-0.4, -0.2) is 38.9 Å². The number of aromatic nitrogens is 4. The first-order valence-corrected chi connectivity index (χ1v) is 9.36. The third-order valence-corrected chi connectivity index (χ3v) is 4.94. The van der Waals surface area contributed by atoms with Crippen LogP contribution < -0.4 is 15.6 Å². The topological polar surface area (TPSA) is 90.6 Å². The highest BCUT2D eigenvalue weighted by atomic mass is 32.1. The lowest BCUT2D eigenvalue weighted by molar-refractivity contribution is 0.138. The highest BCUT2D eigenvalue weighted by Gasteiger charge is 2.17. The van der Waals surface area contributed by atoms with Gasteiger partial charge >= 0.3 is 0 Å². The van der Waals surface area contributed by atoms with Crippen LogP contribution in [0.2, 0.25) is 0 Å². The minimum Gasteiger partial charge on any atom is -0.472 e. The van der Waals surface area contributed by atoms with Gasteiger partial charge in [0.2, 0.25) is 16.0 Å². The molecule has 0 bridgehead atoms. The lowest BCUT2D eigenvalue weighted by Crippen LogP contribution is -2.16. The number of nitrogens with one attached hydrogen (secondary N) is 1. The van der Waals surface area contributed by atoms with Gasteiger partial charge in [-0.15, -0.1) is 5.10 Å². The molecular formula is C17H19N5O3S. The Hall–Kier alpha value is -2.52. The van der Waals surface area contributed by atoms with Gasteiger partial charge in [0.25, 0.3) is 5.56 Å². The van der Waals surface area contributed by atoms with Crippen molar-refractivity contribution in [3.63, 3.8) is 0 Å². The first kappa shape index (κ1) is 16.9. The monoisotopic (exact) mass is 373 g/mol. The zero-order chi connectivity index (χ0) is 17.9. The van der Waals surface area contributed by atoms with Gasteiger partial charge in [-0.3, -0.25) is 4.79 Å². The van der Waals surface area contributed by atoms with E-state index >= 15 is 0 Å². The van der Waals surface area contributed by atoms with Gasteiger partial charge in [-0.25, -0.2) is 9.97 Å². The van der Waals surface area contributed by atoms with Crippen molar-refractivity contribution in [3.8, 4) is 5.88 Å². The second-order valence-electron chi connectivity index (χ2n) is 6.00. The molecule has 26 heavy (non-hydrogen) atoms. The lowest BCUT2D eigenvalue weighted by atomic mass is 10.2. The van der Waals surface area contributed by atoms with Gasteiger partial charge < -0.3 is 14.8 Å². The second kappa shape index (κ2) is 7.38. The maximum absolute atomic E-state index is 12.1. The summed E-state index contributed by atoms with van der Waals surface area (Å²) in [5, 5.41) is 8.17. The van der Waals surface area contributed by atoms with Crippen molar-refractivity contribution in [1.82, 2.24) is 19.6 Å². The van der Waals surface area contributed by atoms with Gasteiger partial charge in [-0.1, -0.05) is 18.3 Å². The third kappa shape index (κ3) is 3.68. The molecule has 3 aromatic rings. The van der Waals surface area contributed by atoms with E-state index in [9.17, 15) is 4.79 Å². The third-order valence-electron chi connectivity index (χ3n) is 4.08. The molecule has 0 saturated carbocycles. The van der Waals surface area contributed by atoms with Gasteiger partial charge in [0.05, 0.1) is 13.2 Å². The second-order valence-corrected chi connectivity index (χ2v) is 6.96. The number of nitrogens with zero attached hydrogens (tertiary/aromatic N) is 4. The Balaban J connectivity index is 1.46. The minimum atomic E-state index is -0.158. The van der Waals surface area contributed by atoms with E-state index in [0.29, 0.717) is 29.1 Å². The van der Waals surface area contributed by atoms with Crippen molar-refractivity contribution in [2.24, 2.45) is 0 Å². The number of aryl methyl sites for hydroxylation is 1. The average molecular weight is 373 g/mol. The molecule has 136 valence electrons. The molecule has 1 aliphatic heterocycles. The summed E-state index contributed by atoms with van der Waals surface area (Å²) in [4.78, 5) is 21.3. The predicted molar refractivity (Wildman–Crippen MR) is 97.9 cm³/mol. The predicted octanol–water partition coefficient (Wildman–Crippen LogP) is 1.89. The van der Waals surface area contributed by atoms with Crippen LogP contribution in [0.4, 0.5) is 5.13 Å². The average Bonchev–Trinajstić information content (AvgIpc) is 3.30. The Morgan fingerprint density at radius 2 is 2.38 bits per heavy atom. The summed E-state index contributed by atoms with van der Waals surface area (Å²) >= 11 is 1.36. The van der Waals surface area contributed by atoms with Gasteiger partial charge in [-0.05, 0) is 18.1 Å². The molecule has 1 aliphatic rings. The number of pyridine rings is 1. The number of ether oxygens (including phenoxy) is 2. The number of hydrogen-bond donors (Lipinski definition) is 1. The van der Waals surface area contributed by atoms with Crippen LogP contribution in [0.25, 0.3) is 4.96 Å². The van der Waals surface area contributed by atoms with Crippen molar-refractivity contribution >= 4 is 21.4 Å². The van der Waals surface area contributed by atoms with Crippen molar-refractivity contribution in [2.45, 2.75) is 32.4 Å². The maximum Gasteiger partial charge on any atom is 0.275 e. The van der Waals surface area contributed by atoms with Crippen LogP contribution in [-0.2, 0) is 17.7 Å². The number of rotatable bonds is 6. The van der Waals surface area contributed by atoms with Crippen LogP contribution in [0.15, 0.2) is 29.2 Å². The van der Waals surface area contributed by atoms with Gasteiger partial charge in [0.1, 0.15) is 6.10 Å². The Kier molecular flexibility index (Phi) is 4.81. The Labute approximate surface area is 153 Å². The molecule has 1 N–H and O–H groups in total. The van der Waals surface area contributed by atoms with Crippen molar-refractivity contribution in [1.29, 1.82) is 0 Å². The summed E-state index contributed by atoms with van der Waals surface area (Å²) in [5.74, 6) is 0.592. The van der Waals surface area contributed by atoms with E-state index in [1.807, 2.05) is 19.1 Å². The Morgan fingerprint density at radius 3 is 3.19 bits per heavy atom. The minimum absolute atomic E-state index is 0.0701. The summed E-state index contributed by atoms with van der Waals surface area (Å²) in [6.07, 6.45) is 3.40. The van der Waals surface area contributed by atoms with E-state index in [-0.39, 0.29) is 11.7 Å². The summed E-state index contributed by atoms with van der Waals surface area (Å²) in [6.45, 7) is 3.86. The van der Waals surface area contributed by atoms with E-state index < -0.39 is 0 Å².